The van der Waals surface area contributed by atoms with Crippen molar-refractivity contribution in [1.29, 1.82) is 0 Å². The van der Waals surface area contributed by atoms with Gasteiger partial charge in [-0.1, -0.05) is 51.1 Å². The van der Waals surface area contributed by atoms with Gasteiger partial charge in [-0.3, -0.25) is 4.79 Å². The summed E-state index contributed by atoms with van der Waals surface area (Å²) in [6.07, 6.45) is -3.53. The molecule has 2 aromatic rings. The van der Waals surface area contributed by atoms with Gasteiger partial charge in [-0.2, -0.15) is 0 Å². The molecule has 0 aliphatic carbocycles. The summed E-state index contributed by atoms with van der Waals surface area (Å²) >= 11 is 0. The van der Waals surface area contributed by atoms with Crippen LogP contribution < -0.4 is 5.32 Å². The number of carbonyl (C=O) groups excluding carboxylic acids is 2. The Morgan fingerprint density at radius 3 is 2.42 bits per heavy atom. The number of benzene rings is 2. The molecule has 0 bridgehead atoms. The van der Waals surface area contributed by atoms with Gasteiger partial charge in [0.25, 0.3) is 5.91 Å². The van der Waals surface area contributed by atoms with Crippen molar-refractivity contribution in [2.24, 2.45) is 11.3 Å². The lowest BCUT2D eigenvalue weighted by molar-refractivity contribution is -0.183. The minimum Gasteiger partial charge on any atom is -0.508 e. The van der Waals surface area contributed by atoms with E-state index in [9.17, 15) is 30.0 Å². The molecule has 1 fully saturated rings. The summed E-state index contributed by atoms with van der Waals surface area (Å²) in [5.41, 5.74) is 1.63. The van der Waals surface area contributed by atoms with Gasteiger partial charge in [-0.05, 0) is 41.9 Å². The molecule has 4 rings (SSSR count). The number of phenolic OH excluding ortho intramolecular Hbond substituents is 2. The summed E-state index contributed by atoms with van der Waals surface area (Å²) in [7, 11) is 2.90. The van der Waals surface area contributed by atoms with Crippen LogP contribution in [-0.2, 0) is 36.6 Å². The number of rotatable bonds is 12. The van der Waals surface area contributed by atoms with Gasteiger partial charge in [0.15, 0.2) is 12.3 Å². The maximum absolute atomic E-state index is 13.1. The van der Waals surface area contributed by atoms with E-state index < -0.39 is 60.6 Å². The van der Waals surface area contributed by atoms with E-state index in [0.29, 0.717) is 24.0 Å². The molecule has 8 atom stereocenters. The number of aliphatic hydroxyl groups is 2. The van der Waals surface area contributed by atoms with E-state index >= 15 is 0 Å². The zero-order valence-corrected chi connectivity index (χ0v) is 26.9. The number of esters is 1. The lowest BCUT2D eigenvalue weighted by Crippen LogP contribution is -2.56. The van der Waals surface area contributed by atoms with Gasteiger partial charge in [-0.15, -0.1) is 0 Å². The number of nitrogens with one attached hydrogen (secondary N) is 1. The summed E-state index contributed by atoms with van der Waals surface area (Å²) < 4.78 is 23.2. The van der Waals surface area contributed by atoms with Crippen molar-refractivity contribution >= 4 is 11.9 Å². The molecule has 5 N–H and O–H groups in total. The Kier molecular flexibility index (Phi) is 11.1. The third-order valence-electron chi connectivity index (χ3n) is 9.55. The number of cyclic esters (lactones) is 1. The molecule has 2 heterocycles. The van der Waals surface area contributed by atoms with Gasteiger partial charge in [-0.25, -0.2) is 4.79 Å². The fraction of sp³-hybridized carbons (Fsp3) is 0.588. The van der Waals surface area contributed by atoms with E-state index in [-0.39, 0.29) is 35.3 Å². The molecule has 2 aromatic carbocycles. The van der Waals surface area contributed by atoms with Gasteiger partial charge in [0.1, 0.15) is 29.3 Å². The van der Waals surface area contributed by atoms with Crippen LogP contribution in [0.15, 0.2) is 36.4 Å². The van der Waals surface area contributed by atoms with E-state index in [1.807, 2.05) is 44.2 Å². The van der Waals surface area contributed by atoms with Crippen LogP contribution in [0.25, 0.3) is 0 Å². The Balaban J connectivity index is 1.40. The predicted octanol–water partition coefficient (Wildman–Crippen LogP) is 3.16. The molecule has 11 heteroatoms. The predicted molar refractivity (Wildman–Crippen MR) is 165 cm³/mol. The molecule has 45 heavy (non-hydrogen) atoms. The number of hydrogen-bond donors (Lipinski definition) is 5. The number of amides is 1. The van der Waals surface area contributed by atoms with Crippen molar-refractivity contribution in [3.8, 4) is 11.5 Å². The molecule has 0 unspecified atom stereocenters. The molecule has 0 aromatic heterocycles. The summed E-state index contributed by atoms with van der Waals surface area (Å²) in [6, 6.07) is 10.6. The highest BCUT2D eigenvalue weighted by molar-refractivity contribution is 5.96. The molecular formula is C34H47NO10. The zero-order valence-electron chi connectivity index (χ0n) is 26.9. The number of carbonyl (C=O) groups is 2. The molecule has 0 spiro atoms. The number of phenols is 2. The number of aromatic hydroxyl groups is 2. The SMILES string of the molecule is CO[C@@H](Cc1ccccc1)[C@H](O)C(=O)N[C@H](OC)[C@@H]1CCC(C)(C)[C@@H](C[C@H](O)[C@@H](C)[C@H]2Cc3c(C)c(O)cc(O)c3C(=O)O2)O1. The van der Waals surface area contributed by atoms with Crippen LogP contribution >= 0.6 is 0 Å². The first kappa shape index (κ1) is 34.6. The van der Waals surface area contributed by atoms with Crippen molar-refractivity contribution in [1.82, 2.24) is 5.32 Å². The van der Waals surface area contributed by atoms with Gasteiger partial charge in [0.2, 0.25) is 0 Å². The maximum Gasteiger partial charge on any atom is 0.342 e. The van der Waals surface area contributed by atoms with Crippen molar-refractivity contribution in [2.75, 3.05) is 14.2 Å². The minimum atomic E-state index is -1.44. The highest BCUT2D eigenvalue weighted by Gasteiger charge is 2.44. The second kappa shape index (κ2) is 14.5. The average Bonchev–Trinajstić information content (AvgIpc) is 3.01. The average molecular weight is 630 g/mol. The van der Waals surface area contributed by atoms with E-state index in [0.717, 1.165) is 18.1 Å². The zero-order chi connectivity index (χ0) is 33.1. The molecule has 2 aliphatic heterocycles. The minimum absolute atomic E-state index is 0.0393. The van der Waals surface area contributed by atoms with Crippen LogP contribution in [-0.4, -0.2) is 89.4 Å². The summed E-state index contributed by atoms with van der Waals surface area (Å²) in [4.78, 5) is 25.9. The highest BCUT2D eigenvalue weighted by atomic mass is 16.6. The molecule has 2 aliphatic rings. The fourth-order valence-electron chi connectivity index (χ4n) is 6.31. The first-order chi connectivity index (χ1) is 21.3. The van der Waals surface area contributed by atoms with Crippen LogP contribution in [0.5, 0.6) is 11.5 Å². The van der Waals surface area contributed by atoms with E-state index in [1.165, 1.54) is 14.2 Å². The van der Waals surface area contributed by atoms with Crippen molar-refractivity contribution < 1.29 is 49.0 Å². The normalized spacial score (nSPS) is 24.4. The van der Waals surface area contributed by atoms with Gasteiger partial charge >= 0.3 is 5.97 Å². The number of hydrogen-bond acceptors (Lipinski definition) is 10. The fourth-order valence-corrected chi connectivity index (χ4v) is 6.31. The van der Waals surface area contributed by atoms with Crippen LogP contribution in [0.4, 0.5) is 0 Å². The Bertz CT molecular complexity index is 1330. The van der Waals surface area contributed by atoms with Crippen molar-refractivity contribution in [2.45, 2.75) is 103 Å². The second-order valence-corrected chi connectivity index (χ2v) is 13.0. The monoisotopic (exact) mass is 629 g/mol. The second-order valence-electron chi connectivity index (χ2n) is 13.0. The van der Waals surface area contributed by atoms with Crippen molar-refractivity contribution in [3.05, 3.63) is 58.7 Å². The van der Waals surface area contributed by atoms with Gasteiger partial charge in [0.05, 0.1) is 18.3 Å². The van der Waals surface area contributed by atoms with Crippen molar-refractivity contribution in [3.63, 3.8) is 0 Å². The summed E-state index contributed by atoms with van der Waals surface area (Å²) in [5, 5.41) is 45.4. The summed E-state index contributed by atoms with van der Waals surface area (Å²) in [5.74, 6) is -2.29. The number of fused-ring (bicyclic) bond motifs is 1. The third-order valence-corrected chi connectivity index (χ3v) is 9.55. The topological polar surface area (TPSA) is 164 Å². The largest absolute Gasteiger partial charge is 0.508 e. The van der Waals surface area contributed by atoms with E-state index in [4.69, 9.17) is 18.9 Å². The Morgan fingerprint density at radius 2 is 1.78 bits per heavy atom. The van der Waals surface area contributed by atoms with E-state index in [2.05, 4.69) is 5.32 Å². The lowest BCUT2D eigenvalue weighted by atomic mass is 9.75. The Labute approximate surface area is 264 Å². The Hall–Kier alpha value is -3.22. The lowest BCUT2D eigenvalue weighted by Gasteiger charge is -2.45. The van der Waals surface area contributed by atoms with Crippen LogP contribution in [0.1, 0.15) is 67.1 Å². The van der Waals surface area contributed by atoms with Gasteiger partial charge in [0, 0.05) is 45.5 Å². The Morgan fingerprint density at radius 1 is 1.09 bits per heavy atom. The maximum atomic E-state index is 13.1. The standard InChI is InChI=1S/C34H47NO10/c1-18-21-15-26(45-33(41)29(21)24(38)16-22(18)36)19(2)23(37)17-28-34(3,4)13-12-25(44-28)32(43-6)35-31(40)30(39)27(42-5)14-20-10-8-7-9-11-20/h7-11,16,19,23,25-28,30,32,36-39H,12-15,17H2,1-6H3,(H,35,40)/t19-,23+,25+,26-,27+,28-,30+,32-/m1/s1. The molecule has 0 radical (unpaired) electrons. The van der Waals surface area contributed by atoms with Crippen LogP contribution in [0, 0.1) is 18.3 Å². The van der Waals surface area contributed by atoms with Crippen LogP contribution in [0.3, 0.4) is 0 Å². The molecule has 1 amide bonds. The first-order valence-electron chi connectivity index (χ1n) is 15.4. The number of ether oxygens (including phenoxy) is 4. The molecule has 0 saturated carbocycles. The smallest absolute Gasteiger partial charge is 0.342 e. The first-order valence-corrected chi connectivity index (χ1v) is 15.4. The molecule has 1 saturated heterocycles. The molecule has 248 valence electrons. The van der Waals surface area contributed by atoms with Crippen LogP contribution in [0.2, 0.25) is 0 Å². The highest BCUT2D eigenvalue weighted by Crippen LogP contribution is 2.41. The van der Waals surface area contributed by atoms with E-state index in [1.54, 1.807) is 13.8 Å². The molecular weight excluding hydrogens is 582 g/mol. The number of methoxy groups -OCH3 is 2. The third kappa shape index (κ3) is 7.78. The number of aliphatic hydroxyl groups excluding tert-OH is 2. The summed E-state index contributed by atoms with van der Waals surface area (Å²) in [6.45, 7) is 7.56. The van der Waals surface area contributed by atoms with Gasteiger partial charge < -0.3 is 44.7 Å². The molecule has 11 nitrogen and oxygen atoms in total. The quantitative estimate of drug-likeness (QED) is 0.174.